The lowest BCUT2D eigenvalue weighted by molar-refractivity contribution is 0.273. The predicted octanol–water partition coefficient (Wildman–Crippen LogP) is 1.13. The van der Waals surface area contributed by atoms with Gasteiger partial charge in [-0.2, -0.15) is 12.6 Å². The fourth-order valence-electron chi connectivity index (χ4n) is 1.91. The number of piperazine rings is 1. The van der Waals surface area contributed by atoms with Crippen molar-refractivity contribution < 1.29 is 0 Å². The highest BCUT2D eigenvalue weighted by Gasteiger charge is 2.15. The van der Waals surface area contributed by atoms with Gasteiger partial charge in [-0.05, 0) is 12.1 Å². The van der Waals surface area contributed by atoms with E-state index in [4.69, 9.17) is 0 Å². The maximum Gasteiger partial charge on any atom is 0.0553 e. The van der Waals surface area contributed by atoms with Crippen LogP contribution in [0.4, 0.5) is 5.69 Å². The molecule has 0 N–H and O–H groups in total. The molecule has 0 aliphatic carbocycles. The first-order chi connectivity index (χ1) is 7.40. The fraction of sp³-hybridized carbons (Fsp3) is 0.545. The summed E-state index contributed by atoms with van der Waals surface area (Å²) in [5.74, 6) is 0.951. The summed E-state index contributed by atoms with van der Waals surface area (Å²) in [7, 11) is 0. The molecule has 0 spiro atoms. The van der Waals surface area contributed by atoms with Gasteiger partial charge in [-0.3, -0.25) is 9.88 Å². The smallest absolute Gasteiger partial charge is 0.0553 e. The van der Waals surface area contributed by atoms with Crippen LogP contribution in [0.1, 0.15) is 0 Å². The predicted molar refractivity (Wildman–Crippen MR) is 66.7 cm³/mol. The summed E-state index contributed by atoms with van der Waals surface area (Å²) in [5.41, 5.74) is 1.24. The lowest BCUT2D eigenvalue weighted by Crippen LogP contribution is -2.46. The lowest BCUT2D eigenvalue weighted by Gasteiger charge is -2.35. The summed E-state index contributed by atoms with van der Waals surface area (Å²) in [6.07, 6.45) is 3.76. The van der Waals surface area contributed by atoms with Crippen LogP contribution >= 0.6 is 12.6 Å². The number of thiol groups is 1. The van der Waals surface area contributed by atoms with Gasteiger partial charge >= 0.3 is 0 Å². The molecule has 4 heteroatoms. The Hall–Kier alpha value is -0.740. The van der Waals surface area contributed by atoms with Crippen LogP contribution in [0.15, 0.2) is 24.5 Å². The molecule has 15 heavy (non-hydrogen) atoms. The first kappa shape index (κ1) is 10.8. The third-order valence-corrected chi connectivity index (χ3v) is 3.00. The van der Waals surface area contributed by atoms with Crippen molar-refractivity contribution in [2.75, 3.05) is 43.4 Å². The van der Waals surface area contributed by atoms with Crippen LogP contribution in [0, 0.1) is 0 Å². The van der Waals surface area contributed by atoms with Crippen LogP contribution in [0.25, 0.3) is 0 Å². The van der Waals surface area contributed by atoms with Gasteiger partial charge in [0.1, 0.15) is 0 Å². The summed E-state index contributed by atoms with van der Waals surface area (Å²) in [6, 6.07) is 4.12. The van der Waals surface area contributed by atoms with E-state index in [0.29, 0.717) is 0 Å². The minimum absolute atomic E-state index is 0.951. The standard InChI is InChI=1S/C11H17N3S/c15-9-8-13-4-6-14(7-5-13)11-2-1-3-12-10-11/h1-3,10,15H,4-9H2. The Morgan fingerprint density at radius 2 is 2.07 bits per heavy atom. The van der Waals surface area contributed by atoms with Crippen LogP contribution in [0.2, 0.25) is 0 Å². The topological polar surface area (TPSA) is 19.4 Å². The highest BCUT2D eigenvalue weighted by atomic mass is 32.1. The van der Waals surface area contributed by atoms with Crippen LogP contribution in [0.5, 0.6) is 0 Å². The Morgan fingerprint density at radius 1 is 1.27 bits per heavy atom. The highest BCUT2D eigenvalue weighted by molar-refractivity contribution is 7.80. The van der Waals surface area contributed by atoms with Gasteiger partial charge in [0.2, 0.25) is 0 Å². The molecule has 2 rings (SSSR count). The van der Waals surface area contributed by atoms with Crippen molar-refractivity contribution in [3.05, 3.63) is 24.5 Å². The van der Waals surface area contributed by atoms with Gasteiger partial charge in [0.05, 0.1) is 11.9 Å². The summed E-state index contributed by atoms with van der Waals surface area (Å²) in [5, 5.41) is 0. The van der Waals surface area contributed by atoms with Crippen molar-refractivity contribution in [2.45, 2.75) is 0 Å². The van der Waals surface area contributed by atoms with Gasteiger partial charge in [-0.1, -0.05) is 0 Å². The van der Waals surface area contributed by atoms with Gasteiger partial charge in [-0.15, -0.1) is 0 Å². The average molecular weight is 223 g/mol. The number of rotatable bonds is 3. The summed E-state index contributed by atoms with van der Waals surface area (Å²) < 4.78 is 0. The van der Waals surface area contributed by atoms with Gasteiger partial charge in [-0.25, -0.2) is 0 Å². The van der Waals surface area contributed by atoms with Crippen molar-refractivity contribution >= 4 is 18.3 Å². The van der Waals surface area contributed by atoms with Crippen molar-refractivity contribution in [3.63, 3.8) is 0 Å². The molecule has 2 heterocycles. The molecule has 0 atom stereocenters. The zero-order valence-corrected chi connectivity index (χ0v) is 9.74. The third-order valence-electron chi connectivity index (χ3n) is 2.80. The SMILES string of the molecule is SCCN1CCN(c2cccnc2)CC1. The average Bonchev–Trinajstić information content (AvgIpc) is 2.32. The van der Waals surface area contributed by atoms with Crippen molar-refractivity contribution in [1.82, 2.24) is 9.88 Å². The molecule has 0 radical (unpaired) electrons. The molecule has 0 unspecified atom stereocenters. The van der Waals surface area contributed by atoms with Gasteiger partial charge < -0.3 is 4.90 Å². The minimum Gasteiger partial charge on any atom is -0.368 e. The summed E-state index contributed by atoms with van der Waals surface area (Å²) in [4.78, 5) is 9.00. The van der Waals surface area contributed by atoms with E-state index in [1.807, 2.05) is 18.5 Å². The Labute approximate surface area is 96.5 Å². The van der Waals surface area contributed by atoms with E-state index in [0.717, 1.165) is 38.5 Å². The van der Waals surface area contributed by atoms with Crippen LogP contribution in [-0.2, 0) is 0 Å². The van der Waals surface area contributed by atoms with Crippen molar-refractivity contribution in [3.8, 4) is 0 Å². The van der Waals surface area contributed by atoms with E-state index in [2.05, 4.69) is 33.5 Å². The molecule has 1 aliphatic heterocycles. The first-order valence-electron chi connectivity index (χ1n) is 5.38. The minimum atomic E-state index is 0.951. The quantitative estimate of drug-likeness (QED) is 0.776. The maximum atomic E-state index is 4.26. The Morgan fingerprint density at radius 3 is 2.67 bits per heavy atom. The van der Waals surface area contributed by atoms with E-state index in [-0.39, 0.29) is 0 Å². The molecule has 1 fully saturated rings. The molecule has 1 aromatic rings. The second-order valence-electron chi connectivity index (χ2n) is 3.76. The molecule has 0 saturated carbocycles. The second-order valence-corrected chi connectivity index (χ2v) is 4.21. The number of aromatic nitrogens is 1. The molecular formula is C11H17N3S. The Kier molecular flexibility index (Phi) is 3.86. The summed E-state index contributed by atoms with van der Waals surface area (Å²) >= 11 is 4.26. The number of hydrogen-bond donors (Lipinski definition) is 1. The van der Waals surface area contributed by atoms with Crippen LogP contribution in [-0.4, -0.2) is 48.4 Å². The Bertz CT molecular complexity index is 283. The van der Waals surface area contributed by atoms with Crippen molar-refractivity contribution in [1.29, 1.82) is 0 Å². The van der Waals surface area contributed by atoms with E-state index in [1.54, 1.807) is 0 Å². The third kappa shape index (κ3) is 2.86. The first-order valence-corrected chi connectivity index (χ1v) is 6.01. The molecule has 82 valence electrons. The molecular weight excluding hydrogens is 206 g/mol. The molecule has 0 aromatic carbocycles. The normalized spacial score (nSPS) is 18.1. The number of pyridine rings is 1. The maximum absolute atomic E-state index is 4.26. The second kappa shape index (κ2) is 5.37. The van der Waals surface area contributed by atoms with Crippen molar-refractivity contribution in [2.24, 2.45) is 0 Å². The van der Waals surface area contributed by atoms with E-state index < -0.39 is 0 Å². The molecule has 1 saturated heterocycles. The lowest BCUT2D eigenvalue weighted by atomic mass is 10.3. The molecule has 1 aliphatic rings. The number of nitrogens with zero attached hydrogens (tertiary/aromatic N) is 3. The van der Waals surface area contributed by atoms with E-state index >= 15 is 0 Å². The van der Waals surface area contributed by atoms with Gasteiger partial charge in [0.15, 0.2) is 0 Å². The van der Waals surface area contributed by atoms with Crippen LogP contribution in [0.3, 0.4) is 0 Å². The molecule has 0 bridgehead atoms. The van der Waals surface area contributed by atoms with E-state index in [1.165, 1.54) is 5.69 Å². The Balaban J connectivity index is 1.88. The largest absolute Gasteiger partial charge is 0.368 e. The highest BCUT2D eigenvalue weighted by Crippen LogP contribution is 2.13. The number of hydrogen-bond acceptors (Lipinski definition) is 4. The molecule has 0 amide bonds. The van der Waals surface area contributed by atoms with Gasteiger partial charge in [0.25, 0.3) is 0 Å². The van der Waals surface area contributed by atoms with Crippen LogP contribution < -0.4 is 4.90 Å². The fourth-order valence-corrected chi connectivity index (χ4v) is 2.19. The van der Waals surface area contributed by atoms with Gasteiger partial charge in [0, 0.05) is 44.7 Å². The van der Waals surface area contributed by atoms with E-state index in [9.17, 15) is 0 Å². The monoisotopic (exact) mass is 223 g/mol. The zero-order valence-electron chi connectivity index (χ0n) is 8.84. The zero-order chi connectivity index (χ0) is 10.5. The number of anilines is 1. The summed E-state index contributed by atoms with van der Waals surface area (Å²) in [6.45, 7) is 5.56. The molecule has 3 nitrogen and oxygen atoms in total. The molecule has 1 aromatic heterocycles.